The molecule has 2 fully saturated rings. The predicted molar refractivity (Wildman–Crippen MR) is 57.2 cm³/mol. The first-order chi connectivity index (χ1) is 6.74. The summed E-state index contributed by atoms with van der Waals surface area (Å²) in [7, 11) is 1.79. The molecule has 2 N–H and O–H groups in total. The van der Waals surface area contributed by atoms with Crippen molar-refractivity contribution < 1.29 is 4.74 Å². The summed E-state index contributed by atoms with van der Waals surface area (Å²) in [6.45, 7) is 4.48. The monoisotopic (exact) mass is 198 g/mol. The number of methoxy groups -OCH3 is 1. The highest BCUT2D eigenvalue weighted by molar-refractivity contribution is 4.96. The Hall–Kier alpha value is -0.120. The third-order valence-electron chi connectivity index (χ3n) is 3.66. The van der Waals surface area contributed by atoms with E-state index in [4.69, 9.17) is 10.5 Å². The topological polar surface area (TPSA) is 38.5 Å². The summed E-state index contributed by atoms with van der Waals surface area (Å²) in [5.41, 5.74) is 6.50. The number of hydrogen-bond donors (Lipinski definition) is 1. The van der Waals surface area contributed by atoms with E-state index in [1.165, 1.54) is 38.8 Å². The predicted octanol–water partition coefficient (Wildman–Crippen LogP) is 0.836. The van der Waals surface area contributed by atoms with Gasteiger partial charge in [-0.2, -0.15) is 0 Å². The Morgan fingerprint density at radius 3 is 2.79 bits per heavy atom. The molecule has 2 rings (SSSR count). The molecule has 1 aliphatic carbocycles. The molecule has 82 valence electrons. The molecule has 0 bridgehead atoms. The van der Waals surface area contributed by atoms with E-state index >= 15 is 0 Å². The molecule has 1 aliphatic heterocycles. The lowest BCUT2D eigenvalue weighted by Crippen LogP contribution is -2.32. The van der Waals surface area contributed by atoms with Crippen LogP contribution in [0.15, 0.2) is 0 Å². The number of ether oxygens (including phenoxy) is 1. The van der Waals surface area contributed by atoms with Crippen LogP contribution in [0.25, 0.3) is 0 Å². The van der Waals surface area contributed by atoms with Gasteiger partial charge in [0.1, 0.15) is 0 Å². The van der Waals surface area contributed by atoms with Gasteiger partial charge >= 0.3 is 0 Å². The summed E-state index contributed by atoms with van der Waals surface area (Å²) < 4.78 is 5.16. The molecular formula is C11H22N2O. The maximum atomic E-state index is 5.90. The van der Waals surface area contributed by atoms with Crippen molar-refractivity contribution in [2.45, 2.75) is 31.7 Å². The zero-order chi connectivity index (χ0) is 10.0. The van der Waals surface area contributed by atoms with E-state index < -0.39 is 0 Å². The van der Waals surface area contributed by atoms with Crippen molar-refractivity contribution >= 4 is 0 Å². The van der Waals surface area contributed by atoms with E-state index in [9.17, 15) is 0 Å². The molecular weight excluding hydrogens is 176 g/mol. The van der Waals surface area contributed by atoms with Crippen LogP contribution in [-0.4, -0.2) is 44.3 Å². The molecule has 1 saturated heterocycles. The fourth-order valence-corrected chi connectivity index (χ4v) is 2.46. The van der Waals surface area contributed by atoms with Crippen LogP contribution in [0.5, 0.6) is 0 Å². The molecule has 3 nitrogen and oxygen atoms in total. The lowest BCUT2D eigenvalue weighted by atomic mass is 10.0. The first-order valence-corrected chi connectivity index (χ1v) is 5.71. The number of hydrogen-bond acceptors (Lipinski definition) is 3. The second kappa shape index (κ2) is 4.17. The fraction of sp³-hybridized carbons (Fsp3) is 1.00. The van der Waals surface area contributed by atoms with Gasteiger partial charge in [-0.3, -0.25) is 0 Å². The average Bonchev–Trinajstić information content (AvgIpc) is 2.81. The van der Waals surface area contributed by atoms with Crippen LogP contribution in [0.4, 0.5) is 0 Å². The summed E-state index contributed by atoms with van der Waals surface area (Å²) in [6.07, 6.45) is 5.19. The van der Waals surface area contributed by atoms with Gasteiger partial charge in [0.15, 0.2) is 0 Å². The molecule has 3 heteroatoms. The molecule has 0 aromatic heterocycles. The smallest absolute Gasteiger partial charge is 0.0468 e. The average molecular weight is 198 g/mol. The normalized spacial score (nSPS) is 30.9. The standard InChI is InChI=1S/C11H22N2O/c1-14-7-5-11(3-4-11)9-13-6-2-10(12)8-13/h10H,2-9,12H2,1H3. The van der Waals surface area contributed by atoms with Gasteiger partial charge in [0.2, 0.25) is 0 Å². The van der Waals surface area contributed by atoms with E-state index in [-0.39, 0.29) is 0 Å². The summed E-state index contributed by atoms with van der Waals surface area (Å²) in [4.78, 5) is 2.54. The zero-order valence-corrected chi connectivity index (χ0v) is 9.17. The molecule has 0 radical (unpaired) electrons. The molecule has 0 aromatic rings. The van der Waals surface area contributed by atoms with Crippen molar-refractivity contribution in [3.8, 4) is 0 Å². The minimum atomic E-state index is 0.424. The van der Waals surface area contributed by atoms with Crippen molar-refractivity contribution in [2.24, 2.45) is 11.1 Å². The van der Waals surface area contributed by atoms with Crippen LogP contribution < -0.4 is 5.73 Å². The second-order valence-electron chi connectivity index (χ2n) is 5.03. The summed E-state index contributed by atoms with van der Waals surface area (Å²) in [5.74, 6) is 0. The van der Waals surface area contributed by atoms with Crippen molar-refractivity contribution in [3.63, 3.8) is 0 Å². The lowest BCUT2D eigenvalue weighted by Gasteiger charge is -2.22. The van der Waals surface area contributed by atoms with E-state index in [1.807, 2.05) is 0 Å². The Morgan fingerprint density at radius 1 is 1.50 bits per heavy atom. The Kier molecular flexibility index (Phi) is 3.10. The largest absolute Gasteiger partial charge is 0.385 e. The van der Waals surface area contributed by atoms with Gasteiger partial charge in [-0.15, -0.1) is 0 Å². The van der Waals surface area contributed by atoms with Gasteiger partial charge < -0.3 is 15.4 Å². The molecule has 0 amide bonds. The SMILES string of the molecule is COCCC1(CN2CCC(N)C2)CC1. The third-order valence-corrected chi connectivity index (χ3v) is 3.66. The molecule has 14 heavy (non-hydrogen) atoms. The Morgan fingerprint density at radius 2 is 2.29 bits per heavy atom. The number of rotatable bonds is 5. The summed E-state index contributed by atoms with van der Waals surface area (Å²) in [6, 6.07) is 0.424. The lowest BCUT2D eigenvalue weighted by molar-refractivity contribution is 0.154. The highest BCUT2D eigenvalue weighted by Gasteiger charge is 2.43. The van der Waals surface area contributed by atoms with Gasteiger partial charge in [0, 0.05) is 32.8 Å². The number of likely N-dealkylation sites (tertiary alicyclic amines) is 1. The molecule has 0 spiro atoms. The van der Waals surface area contributed by atoms with Crippen LogP contribution in [0, 0.1) is 5.41 Å². The molecule has 1 atom stereocenters. The van der Waals surface area contributed by atoms with E-state index in [0.29, 0.717) is 11.5 Å². The highest BCUT2D eigenvalue weighted by Crippen LogP contribution is 2.49. The Bertz CT molecular complexity index is 192. The van der Waals surface area contributed by atoms with E-state index in [1.54, 1.807) is 7.11 Å². The molecule has 1 heterocycles. The first kappa shape index (κ1) is 10.4. The van der Waals surface area contributed by atoms with Crippen LogP contribution >= 0.6 is 0 Å². The van der Waals surface area contributed by atoms with Crippen molar-refractivity contribution in [1.82, 2.24) is 4.90 Å². The molecule has 1 saturated carbocycles. The Balaban J connectivity index is 1.73. The number of nitrogens with zero attached hydrogens (tertiary/aromatic N) is 1. The quantitative estimate of drug-likeness (QED) is 0.711. The molecule has 2 aliphatic rings. The molecule has 0 aromatic carbocycles. The van der Waals surface area contributed by atoms with E-state index in [2.05, 4.69) is 4.90 Å². The second-order valence-corrected chi connectivity index (χ2v) is 5.03. The zero-order valence-electron chi connectivity index (χ0n) is 9.17. The van der Waals surface area contributed by atoms with Crippen molar-refractivity contribution in [3.05, 3.63) is 0 Å². The fourth-order valence-electron chi connectivity index (χ4n) is 2.46. The van der Waals surface area contributed by atoms with E-state index in [0.717, 1.165) is 13.2 Å². The van der Waals surface area contributed by atoms with Gasteiger partial charge in [-0.25, -0.2) is 0 Å². The summed E-state index contributed by atoms with van der Waals surface area (Å²) in [5, 5.41) is 0. The maximum Gasteiger partial charge on any atom is 0.0468 e. The summed E-state index contributed by atoms with van der Waals surface area (Å²) >= 11 is 0. The first-order valence-electron chi connectivity index (χ1n) is 5.71. The minimum Gasteiger partial charge on any atom is -0.385 e. The number of nitrogens with two attached hydrogens (primary N) is 1. The van der Waals surface area contributed by atoms with Crippen LogP contribution in [0.2, 0.25) is 0 Å². The third kappa shape index (κ3) is 2.47. The van der Waals surface area contributed by atoms with Gasteiger partial charge in [0.25, 0.3) is 0 Å². The highest BCUT2D eigenvalue weighted by atomic mass is 16.5. The van der Waals surface area contributed by atoms with Crippen molar-refractivity contribution in [2.75, 3.05) is 33.4 Å². The van der Waals surface area contributed by atoms with Gasteiger partial charge in [0.05, 0.1) is 0 Å². The van der Waals surface area contributed by atoms with Crippen molar-refractivity contribution in [1.29, 1.82) is 0 Å². The van der Waals surface area contributed by atoms with Gasteiger partial charge in [-0.1, -0.05) is 0 Å². The van der Waals surface area contributed by atoms with Crippen LogP contribution in [0.1, 0.15) is 25.7 Å². The van der Waals surface area contributed by atoms with Gasteiger partial charge in [-0.05, 0) is 37.6 Å². The maximum absolute atomic E-state index is 5.90. The molecule has 1 unspecified atom stereocenters. The Labute approximate surface area is 86.6 Å². The minimum absolute atomic E-state index is 0.424. The van der Waals surface area contributed by atoms with Crippen LogP contribution in [-0.2, 0) is 4.74 Å². The van der Waals surface area contributed by atoms with Crippen LogP contribution in [0.3, 0.4) is 0 Å².